The summed E-state index contributed by atoms with van der Waals surface area (Å²) in [5.41, 5.74) is 0. The van der Waals surface area contributed by atoms with Crippen molar-refractivity contribution in [3.05, 3.63) is 0 Å². The van der Waals surface area contributed by atoms with Crippen LogP contribution in [0.1, 0.15) is 84.5 Å². The van der Waals surface area contributed by atoms with Gasteiger partial charge in [0.2, 0.25) is 0 Å². The van der Waals surface area contributed by atoms with Gasteiger partial charge in [-0.1, -0.05) is 58.8 Å². The maximum atomic E-state index is 10.1. The van der Waals surface area contributed by atoms with Gasteiger partial charge in [-0.3, -0.25) is 9.59 Å². The molecule has 0 saturated heterocycles. The predicted molar refractivity (Wildman–Crippen MR) is 77.4 cm³/mol. The SMILES string of the molecule is CCCCCC.O=C(O)CCCCCCCC(=O)O. The van der Waals surface area contributed by atoms with Crippen LogP contribution in [0.25, 0.3) is 0 Å². The van der Waals surface area contributed by atoms with Crippen molar-refractivity contribution in [2.45, 2.75) is 84.5 Å². The lowest BCUT2D eigenvalue weighted by molar-refractivity contribution is -0.138. The third-order valence-corrected chi connectivity index (χ3v) is 2.74. The van der Waals surface area contributed by atoms with Crippen LogP contribution in [-0.2, 0) is 9.59 Å². The van der Waals surface area contributed by atoms with Crippen LogP contribution in [0, 0.1) is 0 Å². The molecule has 0 rings (SSSR count). The summed E-state index contributed by atoms with van der Waals surface area (Å²) in [7, 11) is 0. The lowest BCUT2D eigenvalue weighted by Crippen LogP contribution is -1.95. The predicted octanol–water partition coefficient (Wildman–Crippen LogP) is 4.47. The quantitative estimate of drug-likeness (QED) is 0.545. The Morgan fingerprint density at radius 2 is 0.947 bits per heavy atom. The molecule has 0 aliphatic carbocycles. The van der Waals surface area contributed by atoms with E-state index in [2.05, 4.69) is 13.8 Å². The Morgan fingerprint density at radius 3 is 1.21 bits per heavy atom. The fraction of sp³-hybridized carbons (Fsp3) is 0.867. The van der Waals surface area contributed by atoms with Crippen LogP contribution in [-0.4, -0.2) is 22.2 Å². The molecule has 0 fully saturated rings. The van der Waals surface area contributed by atoms with E-state index in [1.165, 1.54) is 25.7 Å². The normalized spacial score (nSPS) is 9.58. The zero-order valence-electron chi connectivity index (χ0n) is 12.5. The summed E-state index contributed by atoms with van der Waals surface area (Å²) < 4.78 is 0. The summed E-state index contributed by atoms with van der Waals surface area (Å²) in [6.07, 6.45) is 10.1. The molecule has 0 unspecified atom stereocenters. The molecule has 0 saturated carbocycles. The van der Waals surface area contributed by atoms with Crippen LogP contribution >= 0.6 is 0 Å². The summed E-state index contributed by atoms with van der Waals surface area (Å²) in [5, 5.41) is 16.6. The van der Waals surface area contributed by atoms with E-state index in [1.807, 2.05) is 0 Å². The van der Waals surface area contributed by atoms with E-state index in [-0.39, 0.29) is 12.8 Å². The van der Waals surface area contributed by atoms with Gasteiger partial charge < -0.3 is 10.2 Å². The van der Waals surface area contributed by atoms with Gasteiger partial charge >= 0.3 is 11.9 Å². The van der Waals surface area contributed by atoms with E-state index in [0.717, 1.165) is 19.3 Å². The Hall–Kier alpha value is -1.06. The van der Waals surface area contributed by atoms with Crippen LogP contribution in [0.3, 0.4) is 0 Å². The Kier molecular flexibility index (Phi) is 18.1. The minimum absolute atomic E-state index is 0.221. The van der Waals surface area contributed by atoms with E-state index < -0.39 is 11.9 Å². The molecule has 4 heteroatoms. The van der Waals surface area contributed by atoms with Crippen molar-refractivity contribution in [3.8, 4) is 0 Å². The number of hydrogen-bond donors (Lipinski definition) is 2. The Bertz CT molecular complexity index is 192. The summed E-state index contributed by atoms with van der Waals surface area (Å²) in [5.74, 6) is -1.52. The van der Waals surface area contributed by atoms with Crippen molar-refractivity contribution in [2.75, 3.05) is 0 Å². The highest BCUT2D eigenvalue weighted by molar-refractivity contribution is 5.66. The molecule has 114 valence electrons. The highest BCUT2D eigenvalue weighted by Gasteiger charge is 1.98. The highest BCUT2D eigenvalue weighted by atomic mass is 16.4. The fourth-order valence-corrected chi connectivity index (χ4v) is 1.58. The van der Waals surface area contributed by atoms with E-state index in [4.69, 9.17) is 10.2 Å². The third kappa shape index (κ3) is 26.5. The van der Waals surface area contributed by atoms with Crippen LogP contribution in [0.2, 0.25) is 0 Å². The number of carboxylic acid groups (broad SMARTS) is 2. The lowest BCUT2D eigenvalue weighted by Gasteiger charge is -1.97. The largest absolute Gasteiger partial charge is 0.481 e. The van der Waals surface area contributed by atoms with Gasteiger partial charge in [-0.2, -0.15) is 0 Å². The Balaban J connectivity index is 0. The summed E-state index contributed by atoms with van der Waals surface area (Å²) in [6, 6.07) is 0. The Labute approximate surface area is 117 Å². The van der Waals surface area contributed by atoms with Gasteiger partial charge in [0.25, 0.3) is 0 Å². The van der Waals surface area contributed by atoms with Crippen molar-refractivity contribution in [1.82, 2.24) is 0 Å². The maximum Gasteiger partial charge on any atom is 0.303 e. The van der Waals surface area contributed by atoms with Crippen molar-refractivity contribution in [1.29, 1.82) is 0 Å². The molecule has 0 aromatic heterocycles. The van der Waals surface area contributed by atoms with E-state index in [9.17, 15) is 9.59 Å². The molecule has 2 N–H and O–H groups in total. The summed E-state index contributed by atoms with van der Waals surface area (Å²) >= 11 is 0. The van der Waals surface area contributed by atoms with Crippen LogP contribution < -0.4 is 0 Å². The summed E-state index contributed by atoms with van der Waals surface area (Å²) in [4.78, 5) is 20.2. The zero-order valence-corrected chi connectivity index (χ0v) is 12.5. The molecule has 0 aromatic carbocycles. The molecule has 0 bridgehead atoms. The van der Waals surface area contributed by atoms with Crippen molar-refractivity contribution in [2.24, 2.45) is 0 Å². The van der Waals surface area contributed by atoms with E-state index >= 15 is 0 Å². The number of hydrogen-bond acceptors (Lipinski definition) is 2. The molecule has 0 aliphatic heterocycles. The van der Waals surface area contributed by atoms with Crippen LogP contribution in [0.15, 0.2) is 0 Å². The first-order valence-electron chi connectivity index (χ1n) is 7.48. The van der Waals surface area contributed by atoms with Gasteiger partial charge in [-0.25, -0.2) is 0 Å². The molecule has 4 nitrogen and oxygen atoms in total. The van der Waals surface area contributed by atoms with Gasteiger partial charge in [0.15, 0.2) is 0 Å². The molecule has 0 radical (unpaired) electrons. The number of carboxylic acids is 2. The minimum atomic E-state index is -0.759. The average molecular weight is 274 g/mol. The van der Waals surface area contributed by atoms with Gasteiger partial charge in [0, 0.05) is 12.8 Å². The van der Waals surface area contributed by atoms with Gasteiger partial charge in [-0.15, -0.1) is 0 Å². The second-order valence-corrected chi connectivity index (χ2v) is 4.76. The molecule has 0 aliphatic rings. The number of carbonyl (C=O) groups is 2. The van der Waals surface area contributed by atoms with Gasteiger partial charge in [-0.05, 0) is 12.8 Å². The molecule has 19 heavy (non-hydrogen) atoms. The van der Waals surface area contributed by atoms with Crippen LogP contribution in [0.4, 0.5) is 0 Å². The first-order chi connectivity index (χ1) is 9.04. The zero-order chi connectivity index (χ0) is 14.9. The molecule has 0 amide bonds. The van der Waals surface area contributed by atoms with Crippen molar-refractivity contribution >= 4 is 11.9 Å². The fourth-order valence-electron chi connectivity index (χ4n) is 1.58. The molecular weight excluding hydrogens is 244 g/mol. The first-order valence-corrected chi connectivity index (χ1v) is 7.48. The van der Waals surface area contributed by atoms with Crippen molar-refractivity contribution in [3.63, 3.8) is 0 Å². The maximum absolute atomic E-state index is 10.1. The molecular formula is C15H30O4. The molecule has 0 heterocycles. The van der Waals surface area contributed by atoms with Gasteiger partial charge in [0.1, 0.15) is 0 Å². The number of aliphatic carboxylic acids is 2. The van der Waals surface area contributed by atoms with Crippen LogP contribution in [0.5, 0.6) is 0 Å². The Morgan fingerprint density at radius 1 is 0.632 bits per heavy atom. The molecule has 0 atom stereocenters. The molecule has 0 spiro atoms. The smallest absolute Gasteiger partial charge is 0.303 e. The molecule has 0 aromatic rings. The van der Waals surface area contributed by atoms with Gasteiger partial charge in [0.05, 0.1) is 0 Å². The minimum Gasteiger partial charge on any atom is -0.481 e. The second-order valence-electron chi connectivity index (χ2n) is 4.76. The third-order valence-electron chi connectivity index (χ3n) is 2.74. The van der Waals surface area contributed by atoms with Crippen molar-refractivity contribution < 1.29 is 19.8 Å². The number of rotatable bonds is 11. The lowest BCUT2D eigenvalue weighted by atomic mass is 10.1. The topological polar surface area (TPSA) is 74.6 Å². The van der Waals surface area contributed by atoms with E-state index in [0.29, 0.717) is 12.8 Å². The second kappa shape index (κ2) is 16.9. The first kappa shape index (κ1) is 20.3. The summed E-state index contributed by atoms with van der Waals surface area (Å²) in [6.45, 7) is 4.46. The number of unbranched alkanes of at least 4 members (excludes halogenated alkanes) is 7. The average Bonchev–Trinajstić information content (AvgIpc) is 2.35. The highest BCUT2D eigenvalue weighted by Crippen LogP contribution is 2.06. The standard InChI is InChI=1S/C9H16O4.C6H14/c10-8(11)6-4-2-1-3-5-7-9(12)13;1-3-5-6-4-2/h1-7H2,(H,10,11)(H,12,13);3-6H2,1-2H3. The monoisotopic (exact) mass is 274 g/mol. The van der Waals surface area contributed by atoms with E-state index in [1.54, 1.807) is 0 Å².